The summed E-state index contributed by atoms with van der Waals surface area (Å²) >= 11 is 3.68. The summed E-state index contributed by atoms with van der Waals surface area (Å²) in [5, 5.41) is 3.29. The van der Waals surface area contributed by atoms with E-state index in [2.05, 4.69) is 35.7 Å². The Labute approximate surface area is 125 Å². The molecule has 4 heteroatoms. The number of hydrogen-bond donors (Lipinski definition) is 1. The second kappa shape index (κ2) is 4.81. The fourth-order valence-corrected chi connectivity index (χ4v) is 4.61. The van der Waals surface area contributed by atoms with Crippen LogP contribution in [0.1, 0.15) is 15.3 Å². The number of thiophene rings is 1. The van der Waals surface area contributed by atoms with Crippen LogP contribution in [0.15, 0.2) is 35.7 Å². The topological polar surface area (TPSA) is 38.9 Å². The van der Waals surface area contributed by atoms with Crippen LogP contribution in [0.4, 0.5) is 0 Å². The van der Waals surface area contributed by atoms with Gasteiger partial charge in [-0.3, -0.25) is 0 Å². The first-order valence-electron chi connectivity index (χ1n) is 6.71. The van der Waals surface area contributed by atoms with Gasteiger partial charge in [0.2, 0.25) is 0 Å². The van der Waals surface area contributed by atoms with E-state index >= 15 is 0 Å². The van der Waals surface area contributed by atoms with Crippen molar-refractivity contribution in [2.75, 3.05) is 0 Å². The molecule has 0 spiro atoms. The van der Waals surface area contributed by atoms with Gasteiger partial charge in [0.05, 0.1) is 5.69 Å². The van der Waals surface area contributed by atoms with Gasteiger partial charge in [0.25, 0.3) is 0 Å². The van der Waals surface area contributed by atoms with Crippen molar-refractivity contribution in [1.29, 1.82) is 0 Å². The summed E-state index contributed by atoms with van der Waals surface area (Å²) in [6.45, 7) is 0.577. The maximum Gasteiger partial charge on any atom is 0.124 e. The highest BCUT2D eigenvalue weighted by atomic mass is 32.1. The van der Waals surface area contributed by atoms with Crippen LogP contribution in [0.3, 0.4) is 0 Å². The number of fused-ring (bicyclic) bond motifs is 3. The van der Waals surface area contributed by atoms with Crippen LogP contribution in [-0.2, 0) is 19.4 Å². The van der Waals surface area contributed by atoms with Crippen molar-refractivity contribution in [3.8, 4) is 21.8 Å². The van der Waals surface area contributed by atoms with Crippen LogP contribution in [-0.4, -0.2) is 4.98 Å². The van der Waals surface area contributed by atoms with Gasteiger partial charge in [0, 0.05) is 27.4 Å². The molecule has 0 amide bonds. The van der Waals surface area contributed by atoms with Crippen molar-refractivity contribution in [2.45, 2.75) is 19.4 Å². The molecule has 1 aliphatic carbocycles. The summed E-state index contributed by atoms with van der Waals surface area (Å²) < 4.78 is 0. The fraction of sp³-hybridized carbons (Fsp3) is 0.188. The number of aromatic nitrogens is 1. The predicted octanol–water partition coefficient (Wildman–Crippen LogP) is 4.10. The third-order valence-electron chi connectivity index (χ3n) is 3.69. The third kappa shape index (κ3) is 1.92. The number of aryl methyl sites for hydroxylation is 2. The molecule has 0 saturated carbocycles. The lowest BCUT2D eigenvalue weighted by Gasteiger charge is -2.09. The lowest BCUT2D eigenvalue weighted by molar-refractivity contribution is 0.979. The first kappa shape index (κ1) is 12.3. The molecule has 1 aliphatic rings. The van der Waals surface area contributed by atoms with Crippen LogP contribution in [0.2, 0.25) is 0 Å². The van der Waals surface area contributed by atoms with E-state index < -0.39 is 0 Å². The summed E-state index contributed by atoms with van der Waals surface area (Å²) in [7, 11) is 0. The number of hydrogen-bond acceptors (Lipinski definition) is 4. The SMILES string of the molecule is NCc1cccc(-c2nc3c(s2)CCc2sccc2-3)c1. The Morgan fingerprint density at radius 3 is 2.95 bits per heavy atom. The molecule has 0 bridgehead atoms. The van der Waals surface area contributed by atoms with E-state index in [4.69, 9.17) is 10.7 Å². The Kier molecular flexibility index (Phi) is 2.95. The number of rotatable bonds is 2. The largest absolute Gasteiger partial charge is 0.326 e. The van der Waals surface area contributed by atoms with Crippen LogP contribution in [0.25, 0.3) is 21.8 Å². The molecular formula is C16H14N2S2. The molecule has 2 heterocycles. The highest BCUT2D eigenvalue weighted by molar-refractivity contribution is 7.15. The van der Waals surface area contributed by atoms with Gasteiger partial charge in [-0.25, -0.2) is 4.98 Å². The minimum atomic E-state index is 0.577. The maximum atomic E-state index is 5.73. The lowest BCUT2D eigenvalue weighted by atomic mass is 10.0. The summed E-state index contributed by atoms with van der Waals surface area (Å²) in [6.07, 6.45) is 2.28. The van der Waals surface area contributed by atoms with Gasteiger partial charge in [-0.2, -0.15) is 0 Å². The van der Waals surface area contributed by atoms with Crippen molar-refractivity contribution in [2.24, 2.45) is 5.73 Å². The number of nitrogens with zero attached hydrogens (tertiary/aromatic N) is 1. The van der Waals surface area contributed by atoms with Crippen LogP contribution >= 0.6 is 22.7 Å². The number of benzene rings is 1. The Morgan fingerprint density at radius 1 is 1.15 bits per heavy atom. The second-order valence-electron chi connectivity index (χ2n) is 4.95. The molecule has 0 atom stereocenters. The highest BCUT2D eigenvalue weighted by Crippen LogP contribution is 2.41. The number of thiazole rings is 1. The van der Waals surface area contributed by atoms with Crippen LogP contribution in [0, 0.1) is 0 Å². The molecule has 0 radical (unpaired) electrons. The normalized spacial score (nSPS) is 13.1. The van der Waals surface area contributed by atoms with Gasteiger partial charge in [0.1, 0.15) is 5.01 Å². The van der Waals surface area contributed by atoms with Crippen molar-refractivity contribution in [3.05, 3.63) is 51.0 Å². The van der Waals surface area contributed by atoms with Gasteiger partial charge in [-0.1, -0.05) is 18.2 Å². The zero-order valence-corrected chi connectivity index (χ0v) is 12.6. The van der Waals surface area contributed by atoms with E-state index in [1.165, 1.54) is 26.6 Å². The van der Waals surface area contributed by atoms with E-state index in [0.29, 0.717) is 6.54 Å². The molecule has 0 unspecified atom stereocenters. The van der Waals surface area contributed by atoms with Crippen molar-refractivity contribution in [3.63, 3.8) is 0 Å². The highest BCUT2D eigenvalue weighted by Gasteiger charge is 2.22. The fourth-order valence-electron chi connectivity index (χ4n) is 2.66. The average Bonchev–Trinajstić information content (AvgIpc) is 3.12. The zero-order valence-electron chi connectivity index (χ0n) is 10.9. The first-order chi connectivity index (χ1) is 9.85. The first-order valence-corrected chi connectivity index (χ1v) is 8.40. The third-order valence-corrected chi connectivity index (χ3v) is 5.83. The molecule has 4 rings (SSSR count). The Balaban J connectivity index is 1.82. The van der Waals surface area contributed by atoms with Crippen LogP contribution in [0.5, 0.6) is 0 Å². The van der Waals surface area contributed by atoms with Gasteiger partial charge in [-0.05, 0) is 35.9 Å². The molecule has 0 aliphatic heterocycles. The Hall–Kier alpha value is -1.49. The number of nitrogens with two attached hydrogens (primary N) is 1. The summed E-state index contributed by atoms with van der Waals surface area (Å²) in [6, 6.07) is 10.6. The minimum absolute atomic E-state index is 0.577. The van der Waals surface area contributed by atoms with Gasteiger partial charge >= 0.3 is 0 Å². The molecule has 20 heavy (non-hydrogen) atoms. The van der Waals surface area contributed by atoms with Gasteiger partial charge < -0.3 is 5.73 Å². The Bertz CT molecular complexity index is 770. The van der Waals surface area contributed by atoms with Crippen molar-refractivity contribution < 1.29 is 0 Å². The quantitative estimate of drug-likeness (QED) is 0.773. The molecule has 100 valence electrons. The average molecular weight is 298 g/mol. The van der Waals surface area contributed by atoms with Gasteiger partial charge in [0.15, 0.2) is 0 Å². The van der Waals surface area contributed by atoms with E-state index in [0.717, 1.165) is 23.4 Å². The molecular weight excluding hydrogens is 284 g/mol. The van der Waals surface area contributed by atoms with Crippen molar-refractivity contribution in [1.82, 2.24) is 4.98 Å². The molecule has 1 aromatic carbocycles. The molecule has 3 aromatic rings. The molecule has 0 fully saturated rings. The molecule has 0 saturated heterocycles. The molecule has 2 N–H and O–H groups in total. The maximum absolute atomic E-state index is 5.73. The summed E-state index contributed by atoms with van der Waals surface area (Å²) in [5.41, 5.74) is 10.6. The minimum Gasteiger partial charge on any atom is -0.326 e. The van der Waals surface area contributed by atoms with E-state index in [9.17, 15) is 0 Å². The van der Waals surface area contributed by atoms with Crippen LogP contribution < -0.4 is 5.73 Å². The standard InChI is InChI=1S/C16H14N2S2/c17-9-10-2-1-3-11(8-10)16-18-15-12-6-7-19-13(12)4-5-14(15)20-16/h1-3,6-8H,4-5,9,17H2. The smallest absolute Gasteiger partial charge is 0.124 e. The van der Waals surface area contributed by atoms with Gasteiger partial charge in [-0.15, -0.1) is 22.7 Å². The molecule has 2 nitrogen and oxygen atoms in total. The van der Waals surface area contributed by atoms with E-state index in [1.54, 1.807) is 0 Å². The Morgan fingerprint density at radius 2 is 2.05 bits per heavy atom. The second-order valence-corrected chi connectivity index (χ2v) is 7.04. The summed E-state index contributed by atoms with van der Waals surface area (Å²) in [4.78, 5) is 7.79. The molecule has 2 aromatic heterocycles. The monoisotopic (exact) mass is 298 g/mol. The van der Waals surface area contributed by atoms with E-state index in [1.807, 2.05) is 22.7 Å². The summed E-state index contributed by atoms with van der Waals surface area (Å²) in [5.74, 6) is 0. The predicted molar refractivity (Wildman–Crippen MR) is 86.2 cm³/mol. The lowest BCUT2D eigenvalue weighted by Crippen LogP contribution is -1.97. The zero-order chi connectivity index (χ0) is 13.5. The van der Waals surface area contributed by atoms with Crippen molar-refractivity contribution >= 4 is 22.7 Å². The van der Waals surface area contributed by atoms with E-state index in [-0.39, 0.29) is 0 Å².